The van der Waals surface area contributed by atoms with Gasteiger partial charge >= 0.3 is 0 Å². The van der Waals surface area contributed by atoms with Crippen molar-refractivity contribution in [3.63, 3.8) is 0 Å². The van der Waals surface area contributed by atoms with E-state index in [1.807, 2.05) is 0 Å². The van der Waals surface area contributed by atoms with Crippen LogP contribution in [0.1, 0.15) is 12.5 Å². The first-order valence-corrected chi connectivity index (χ1v) is 8.77. The number of aromatic nitrogens is 1. The fourth-order valence-corrected chi connectivity index (χ4v) is 2.94. The van der Waals surface area contributed by atoms with Crippen LogP contribution in [-0.2, 0) is 21.4 Å². The lowest BCUT2D eigenvalue weighted by molar-refractivity contribution is -0.126. The third kappa shape index (κ3) is 4.77. The van der Waals surface area contributed by atoms with E-state index in [1.165, 1.54) is 31.3 Å². The van der Waals surface area contributed by atoms with Crippen molar-refractivity contribution in [3.05, 3.63) is 54.4 Å². The van der Waals surface area contributed by atoms with Gasteiger partial charge in [-0.3, -0.25) is 9.78 Å². The molecule has 0 bridgehead atoms. The molecule has 8 heteroatoms. The van der Waals surface area contributed by atoms with Crippen molar-refractivity contribution in [1.82, 2.24) is 15.0 Å². The van der Waals surface area contributed by atoms with Gasteiger partial charge in [-0.1, -0.05) is 0 Å². The van der Waals surface area contributed by atoms with Crippen LogP contribution in [0.25, 0.3) is 0 Å². The number of nitrogens with zero attached hydrogens (tertiary/aromatic N) is 1. The molecule has 2 rings (SSSR count). The Kier molecular flexibility index (Phi) is 5.88. The van der Waals surface area contributed by atoms with E-state index >= 15 is 0 Å². The molecule has 2 N–H and O–H groups in total. The van der Waals surface area contributed by atoms with E-state index in [0.717, 1.165) is 5.56 Å². The first kappa shape index (κ1) is 17.9. The fraction of sp³-hybridized carbons (Fsp3) is 0.250. The predicted molar refractivity (Wildman–Crippen MR) is 88.9 cm³/mol. The molecule has 7 nitrogen and oxygen atoms in total. The van der Waals surface area contributed by atoms with E-state index in [-0.39, 0.29) is 17.3 Å². The van der Waals surface area contributed by atoms with Crippen molar-refractivity contribution in [1.29, 1.82) is 0 Å². The molecule has 2 aromatic rings. The van der Waals surface area contributed by atoms with Crippen LogP contribution in [0.15, 0.2) is 53.7 Å². The summed E-state index contributed by atoms with van der Waals surface area (Å²) in [6.07, 6.45) is 2.54. The Labute approximate surface area is 141 Å². The zero-order valence-corrected chi connectivity index (χ0v) is 14.2. The van der Waals surface area contributed by atoms with E-state index in [1.54, 1.807) is 31.5 Å². The van der Waals surface area contributed by atoms with E-state index < -0.39 is 16.1 Å². The number of carbonyl (C=O) groups is 1. The minimum Gasteiger partial charge on any atom is -0.481 e. The van der Waals surface area contributed by atoms with Crippen LogP contribution in [0.2, 0.25) is 0 Å². The smallest absolute Gasteiger partial charge is 0.260 e. The third-order valence-corrected chi connectivity index (χ3v) is 4.70. The Morgan fingerprint density at radius 3 is 2.38 bits per heavy atom. The number of ether oxygens (including phenoxy) is 1. The number of amides is 1. The molecule has 0 radical (unpaired) electrons. The molecule has 0 unspecified atom stereocenters. The van der Waals surface area contributed by atoms with Gasteiger partial charge in [-0.2, -0.15) is 0 Å². The number of hydrogen-bond donors (Lipinski definition) is 2. The van der Waals surface area contributed by atoms with Crippen molar-refractivity contribution in [2.45, 2.75) is 24.5 Å². The van der Waals surface area contributed by atoms with Gasteiger partial charge in [-0.15, -0.1) is 0 Å². The second-order valence-electron chi connectivity index (χ2n) is 5.03. The number of carbonyl (C=O) groups excluding carboxylic acids is 1. The monoisotopic (exact) mass is 349 g/mol. The first-order chi connectivity index (χ1) is 11.4. The number of likely N-dealkylation sites (N-methyl/N-ethyl adjacent to an activating group) is 1. The molecule has 0 spiro atoms. The van der Waals surface area contributed by atoms with Gasteiger partial charge in [-0.25, -0.2) is 13.1 Å². The van der Waals surface area contributed by atoms with Gasteiger partial charge < -0.3 is 10.1 Å². The number of pyridine rings is 1. The summed E-state index contributed by atoms with van der Waals surface area (Å²) in [5.41, 5.74) is 0.813. The first-order valence-electron chi connectivity index (χ1n) is 7.29. The summed E-state index contributed by atoms with van der Waals surface area (Å²) in [5, 5.41) is 2.48. The Morgan fingerprint density at radius 1 is 1.17 bits per heavy atom. The normalized spacial score (nSPS) is 12.4. The van der Waals surface area contributed by atoms with E-state index in [0.29, 0.717) is 5.75 Å². The van der Waals surface area contributed by atoms with Gasteiger partial charge in [0.15, 0.2) is 6.10 Å². The summed E-state index contributed by atoms with van der Waals surface area (Å²) in [4.78, 5) is 15.4. The van der Waals surface area contributed by atoms with Crippen LogP contribution >= 0.6 is 0 Å². The summed E-state index contributed by atoms with van der Waals surface area (Å²) in [7, 11) is -2.11. The number of sulfonamides is 1. The van der Waals surface area contributed by atoms with Crippen LogP contribution in [0, 0.1) is 0 Å². The number of rotatable bonds is 7. The van der Waals surface area contributed by atoms with Crippen LogP contribution in [-0.4, -0.2) is 32.5 Å². The number of nitrogens with one attached hydrogen (secondary N) is 2. The summed E-state index contributed by atoms with van der Waals surface area (Å²) >= 11 is 0. The van der Waals surface area contributed by atoms with Crippen molar-refractivity contribution in [3.8, 4) is 5.75 Å². The Balaban J connectivity index is 2.02. The molecule has 0 aliphatic carbocycles. The van der Waals surface area contributed by atoms with Gasteiger partial charge in [-0.05, 0) is 48.9 Å². The maximum Gasteiger partial charge on any atom is 0.260 e. The maximum atomic E-state index is 12.3. The van der Waals surface area contributed by atoms with Crippen molar-refractivity contribution in [2.24, 2.45) is 0 Å². The molecule has 0 fully saturated rings. The van der Waals surface area contributed by atoms with Crippen molar-refractivity contribution in [2.75, 3.05) is 7.05 Å². The SMILES string of the molecule is CNC(=O)[C@@H](C)Oc1ccc(S(=O)(=O)NCc2ccncc2)cc1. The highest BCUT2D eigenvalue weighted by atomic mass is 32.2. The average Bonchev–Trinajstić information content (AvgIpc) is 2.60. The lowest BCUT2D eigenvalue weighted by Crippen LogP contribution is -2.33. The molecular formula is C16H19N3O4S. The highest BCUT2D eigenvalue weighted by molar-refractivity contribution is 7.89. The van der Waals surface area contributed by atoms with Crippen molar-refractivity contribution >= 4 is 15.9 Å². The highest BCUT2D eigenvalue weighted by Gasteiger charge is 2.16. The fourth-order valence-electron chi connectivity index (χ4n) is 1.92. The maximum absolute atomic E-state index is 12.3. The highest BCUT2D eigenvalue weighted by Crippen LogP contribution is 2.17. The Bertz CT molecular complexity index is 777. The topological polar surface area (TPSA) is 97.4 Å². The molecular weight excluding hydrogens is 330 g/mol. The van der Waals surface area contributed by atoms with Crippen molar-refractivity contribution < 1.29 is 17.9 Å². The average molecular weight is 349 g/mol. The van der Waals surface area contributed by atoms with E-state index in [4.69, 9.17) is 4.74 Å². The Morgan fingerprint density at radius 2 is 1.79 bits per heavy atom. The quantitative estimate of drug-likeness (QED) is 0.779. The standard InChI is InChI=1S/C16H19N3O4S/c1-12(16(20)17-2)23-14-3-5-15(6-4-14)24(21,22)19-11-13-7-9-18-10-8-13/h3-10,12,19H,11H2,1-2H3,(H,17,20)/t12-/m1/s1. The van der Waals surface area contributed by atoms with Gasteiger partial charge in [0.05, 0.1) is 4.90 Å². The molecule has 128 valence electrons. The predicted octanol–water partition coefficient (Wildman–Crippen LogP) is 1.07. The molecule has 24 heavy (non-hydrogen) atoms. The molecule has 0 aliphatic heterocycles. The zero-order chi connectivity index (χ0) is 17.6. The molecule has 0 saturated carbocycles. The molecule has 1 aromatic heterocycles. The number of hydrogen-bond acceptors (Lipinski definition) is 5. The largest absolute Gasteiger partial charge is 0.481 e. The molecule has 1 atom stereocenters. The minimum absolute atomic E-state index is 0.122. The van der Waals surface area contributed by atoms with Crippen LogP contribution in [0.4, 0.5) is 0 Å². The Hall–Kier alpha value is -2.45. The van der Waals surface area contributed by atoms with E-state index in [2.05, 4.69) is 15.0 Å². The molecule has 0 saturated heterocycles. The second kappa shape index (κ2) is 7.89. The van der Waals surface area contributed by atoms with Gasteiger partial charge in [0, 0.05) is 26.0 Å². The summed E-state index contributed by atoms with van der Waals surface area (Å²) in [5.74, 6) is 0.157. The lowest BCUT2D eigenvalue weighted by Gasteiger charge is -2.13. The molecule has 1 heterocycles. The van der Waals surface area contributed by atoms with Gasteiger partial charge in [0.1, 0.15) is 5.75 Å². The van der Waals surface area contributed by atoms with Crippen LogP contribution in [0.3, 0.4) is 0 Å². The molecule has 1 aromatic carbocycles. The molecule has 1 amide bonds. The summed E-state index contributed by atoms with van der Waals surface area (Å²) < 4.78 is 32.5. The minimum atomic E-state index is -3.63. The lowest BCUT2D eigenvalue weighted by atomic mass is 10.3. The van der Waals surface area contributed by atoms with Gasteiger partial charge in [0.2, 0.25) is 10.0 Å². The van der Waals surface area contributed by atoms with Crippen LogP contribution in [0.5, 0.6) is 5.75 Å². The van der Waals surface area contributed by atoms with Crippen LogP contribution < -0.4 is 14.8 Å². The molecule has 0 aliphatic rings. The summed E-state index contributed by atoms with van der Waals surface area (Å²) in [6.45, 7) is 1.79. The number of benzene rings is 1. The zero-order valence-electron chi connectivity index (χ0n) is 13.4. The van der Waals surface area contributed by atoms with E-state index in [9.17, 15) is 13.2 Å². The van der Waals surface area contributed by atoms with Gasteiger partial charge in [0.25, 0.3) is 5.91 Å². The third-order valence-electron chi connectivity index (χ3n) is 3.28. The second-order valence-corrected chi connectivity index (χ2v) is 6.79. The summed E-state index contributed by atoms with van der Waals surface area (Å²) in [6, 6.07) is 9.36.